The van der Waals surface area contributed by atoms with Gasteiger partial charge in [0, 0.05) is 40.6 Å². The van der Waals surface area contributed by atoms with Crippen LogP contribution in [0.5, 0.6) is 0 Å². The number of halogens is 4. The number of benzene rings is 3. The molecule has 3 heterocycles. The lowest BCUT2D eigenvalue weighted by Gasteiger charge is -2.35. The largest absolute Gasteiger partial charge is 0.324 e. The van der Waals surface area contributed by atoms with Crippen molar-refractivity contribution in [2.24, 2.45) is 10.7 Å². The Morgan fingerprint density at radius 3 is 2.47 bits per heavy atom. The van der Waals surface area contributed by atoms with Gasteiger partial charge in [0.25, 0.3) is 5.91 Å². The molecule has 4 aromatic rings. The highest BCUT2D eigenvalue weighted by atomic mass is 35.5. The highest BCUT2D eigenvalue weighted by molar-refractivity contribution is 6.34. The van der Waals surface area contributed by atoms with E-state index in [1.165, 1.54) is 37.4 Å². The number of fused-ring (bicyclic) bond motifs is 3. The average molecular weight is 651 g/mol. The van der Waals surface area contributed by atoms with Crippen LogP contribution in [0, 0.1) is 11.6 Å². The Morgan fingerprint density at radius 2 is 1.76 bits per heavy atom. The number of carbonyl (C=O) groups excluding carboxylic acids is 2. The highest BCUT2D eigenvalue weighted by Gasteiger charge is 2.39. The molecule has 2 aliphatic heterocycles. The van der Waals surface area contributed by atoms with Crippen molar-refractivity contribution in [3.05, 3.63) is 105 Å². The fourth-order valence-electron chi connectivity index (χ4n) is 5.51. The number of hydrogen-bond donors (Lipinski definition) is 3. The van der Waals surface area contributed by atoms with Gasteiger partial charge in [0.2, 0.25) is 11.9 Å². The molecular weight excluding hydrogens is 623 g/mol. The van der Waals surface area contributed by atoms with E-state index in [2.05, 4.69) is 20.6 Å². The maximum atomic E-state index is 14.8. The molecule has 9 nitrogen and oxygen atoms in total. The van der Waals surface area contributed by atoms with Gasteiger partial charge in [-0.3, -0.25) is 19.5 Å². The van der Waals surface area contributed by atoms with E-state index in [9.17, 15) is 18.4 Å². The molecule has 13 heteroatoms. The number of hydrogen-bond acceptors (Lipinski definition) is 8. The molecular formula is C32H27Cl2F2N7O2. The Kier molecular flexibility index (Phi) is 8.36. The van der Waals surface area contributed by atoms with Crippen molar-refractivity contribution in [3.63, 3.8) is 0 Å². The van der Waals surface area contributed by atoms with E-state index in [-0.39, 0.29) is 34.4 Å². The van der Waals surface area contributed by atoms with Crippen molar-refractivity contribution in [3.8, 4) is 11.3 Å². The molecule has 0 saturated carbocycles. The van der Waals surface area contributed by atoms with Crippen molar-refractivity contribution in [1.82, 2.24) is 20.2 Å². The highest BCUT2D eigenvalue weighted by Crippen LogP contribution is 2.35. The number of carbonyl (C=O) groups is 2. The molecule has 230 valence electrons. The number of nitrogens with one attached hydrogen (secondary N) is 2. The number of nitrogens with two attached hydrogens (primary N) is 1. The van der Waals surface area contributed by atoms with Crippen molar-refractivity contribution in [1.29, 1.82) is 0 Å². The zero-order valence-electron chi connectivity index (χ0n) is 24.0. The summed E-state index contributed by atoms with van der Waals surface area (Å²) < 4.78 is 29.7. The van der Waals surface area contributed by atoms with Crippen LogP contribution in [0.4, 0.5) is 20.4 Å². The van der Waals surface area contributed by atoms with Gasteiger partial charge >= 0.3 is 0 Å². The molecule has 1 saturated heterocycles. The van der Waals surface area contributed by atoms with Gasteiger partial charge in [-0.15, -0.1) is 0 Å². The van der Waals surface area contributed by atoms with E-state index in [1.807, 2.05) is 0 Å². The van der Waals surface area contributed by atoms with E-state index >= 15 is 0 Å². The van der Waals surface area contributed by atoms with Gasteiger partial charge in [-0.2, -0.15) is 0 Å². The number of anilines is 2. The zero-order chi connectivity index (χ0) is 31.9. The van der Waals surface area contributed by atoms with Gasteiger partial charge in [0.05, 0.1) is 39.6 Å². The lowest BCUT2D eigenvalue weighted by molar-refractivity contribution is -0.134. The van der Waals surface area contributed by atoms with Crippen LogP contribution < -0.4 is 16.4 Å². The van der Waals surface area contributed by atoms with Crippen LogP contribution >= 0.6 is 23.2 Å². The fourth-order valence-corrected chi connectivity index (χ4v) is 5.94. The maximum Gasteiger partial charge on any atom is 0.261 e. The fraction of sp³-hybridized carbons (Fsp3) is 0.219. The van der Waals surface area contributed by atoms with E-state index in [0.717, 1.165) is 4.90 Å². The summed E-state index contributed by atoms with van der Waals surface area (Å²) >= 11 is 12.8. The molecule has 2 amide bonds. The number of aromatic nitrogens is 2. The molecule has 6 rings (SSSR count). The topological polar surface area (TPSA) is 126 Å². The third kappa shape index (κ3) is 5.91. The number of amides is 2. The molecule has 3 aromatic carbocycles. The van der Waals surface area contributed by atoms with Crippen molar-refractivity contribution in [2.45, 2.75) is 24.9 Å². The predicted octanol–water partition coefficient (Wildman–Crippen LogP) is 5.50. The smallest absolute Gasteiger partial charge is 0.261 e. The van der Waals surface area contributed by atoms with Crippen molar-refractivity contribution < 1.29 is 18.4 Å². The second-order valence-corrected chi connectivity index (χ2v) is 11.8. The molecule has 1 fully saturated rings. The first-order valence-corrected chi connectivity index (χ1v) is 14.8. The number of imide groups is 1. The van der Waals surface area contributed by atoms with Crippen molar-refractivity contribution in [2.75, 3.05) is 25.5 Å². The summed E-state index contributed by atoms with van der Waals surface area (Å²) in [4.78, 5) is 40.9. The van der Waals surface area contributed by atoms with Gasteiger partial charge in [-0.25, -0.2) is 18.7 Å². The summed E-state index contributed by atoms with van der Waals surface area (Å²) in [6.45, 7) is 1.25. The van der Waals surface area contributed by atoms with E-state index < -0.39 is 29.0 Å². The normalized spacial score (nSPS) is 15.3. The number of nitrogens with zero attached hydrogens (tertiary/aromatic N) is 4. The molecule has 4 N–H and O–H groups in total. The zero-order valence-corrected chi connectivity index (χ0v) is 25.5. The quantitative estimate of drug-likeness (QED) is 0.244. The summed E-state index contributed by atoms with van der Waals surface area (Å²) in [7, 11) is 1.40. The Bertz CT molecular complexity index is 1860. The molecule has 0 aliphatic carbocycles. The molecule has 2 aliphatic rings. The monoisotopic (exact) mass is 649 g/mol. The number of likely N-dealkylation sites (N-methyl/N-ethyl adjacent to an activating group) is 1. The predicted molar refractivity (Wildman–Crippen MR) is 169 cm³/mol. The molecule has 1 aromatic heterocycles. The average Bonchev–Trinajstić information content (AvgIpc) is 3.17. The lowest BCUT2D eigenvalue weighted by atomic mass is 9.88. The molecule has 0 bridgehead atoms. The summed E-state index contributed by atoms with van der Waals surface area (Å²) in [5, 5.41) is 6.72. The second-order valence-electron chi connectivity index (χ2n) is 10.9. The molecule has 0 atom stereocenters. The number of piperidine rings is 1. The van der Waals surface area contributed by atoms with Crippen LogP contribution in [0.1, 0.15) is 39.9 Å². The summed E-state index contributed by atoms with van der Waals surface area (Å²) in [6, 6.07) is 13.3. The van der Waals surface area contributed by atoms with Gasteiger partial charge < -0.3 is 16.4 Å². The summed E-state index contributed by atoms with van der Waals surface area (Å²) in [5.41, 5.74) is 7.80. The van der Waals surface area contributed by atoms with E-state index in [0.29, 0.717) is 59.0 Å². The molecule has 0 spiro atoms. The van der Waals surface area contributed by atoms with E-state index in [4.69, 9.17) is 33.9 Å². The van der Waals surface area contributed by atoms with E-state index in [1.54, 1.807) is 30.5 Å². The minimum absolute atomic E-state index is 0.0699. The minimum Gasteiger partial charge on any atom is -0.324 e. The number of rotatable bonds is 5. The molecule has 0 radical (unpaired) electrons. The van der Waals surface area contributed by atoms with Crippen LogP contribution in [-0.4, -0.2) is 58.1 Å². The third-order valence-electron chi connectivity index (χ3n) is 7.95. The van der Waals surface area contributed by atoms with Gasteiger partial charge in [0.15, 0.2) is 0 Å². The van der Waals surface area contributed by atoms with Crippen LogP contribution in [0.15, 0.2) is 65.8 Å². The first-order valence-electron chi connectivity index (χ1n) is 14.1. The maximum absolute atomic E-state index is 14.8. The number of aliphatic imine (C=N–C) groups is 1. The van der Waals surface area contributed by atoms with Crippen LogP contribution in [0.2, 0.25) is 10.0 Å². The van der Waals surface area contributed by atoms with Gasteiger partial charge in [0.1, 0.15) is 11.6 Å². The summed E-state index contributed by atoms with van der Waals surface area (Å²) in [6.07, 6.45) is 2.42. The summed E-state index contributed by atoms with van der Waals surface area (Å²) in [5.74, 6) is -2.33. The van der Waals surface area contributed by atoms with Crippen LogP contribution in [0.25, 0.3) is 11.3 Å². The first-order chi connectivity index (χ1) is 21.6. The lowest BCUT2D eigenvalue weighted by Crippen LogP contribution is -2.60. The van der Waals surface area contributed by atoms with Crippen LogP contribution in [0.3, 0.4) is 0 Å². The van der Waals surface area contributed by atoms with Crippen LogP contribution in [-0.2, 0) is 11.3 Å². The second kappa shape index (κ2) is 12.2. The molecule has 45 heavy (non-hydrogen) atoms. The van der Waals surface area contributed by atoms with Gasteiger partial charge in [-0.05, 0) is 68.4 Å². The first kappa shape index (κ1) is 30.7. The Labute approximate surface area is 267 Å². The Morgan fingerprint density at radius 1 is 1.02 bits per heavy atom. The third-order valence-corrected chi connectivity index (χ3v) is 8.50. The Hall–Kier alpha value is -4.29. The Balaban J connectivity index is 1.28. The van der Waals surface area contributed by atoms with Crippen molar-refractivity contribution >= 4 is 52.4 Å². The molecule has 0 unspecified atom stereocenters. The minimum atomic E-state index is -1.12. The SMILES string of the molecule is CN(C(=O)c1ccc(Nc2ncc3c(n2)-c2ccc(Cl)cc2C(c2c(F)cccc2F)=NC3)cc1Cl)C(=O)C1(N)CCNCC1. The standard InChI is InChI=1S/C32H27Cl2F2N7O2/c1-43(30(45)32(37)9-11-38-12-10-32)29(44)21-8-6-19(14-23(21)34)41-31-40-16-17-15-39-28(26-24(35)3-2-4-25(26)36)22-13-18(33)5-7-20(22)27(17)42-31/h2-8,13-14,16,38H,9-12,15,37H2,1H3,(H,40,41,42). The van der Waals surface area contributed by atoms with Gasteiger partial charge in [-0.1, -0.05) is 35.3 Å².